The third-order valence-corrected chi connectivity index (χ3v) is 7.63. The zero-order valence-electron chi connectivity index (χ0n) is 21.6. The Morgan fingerprint density at radius 3 is 2.58 bits per heavy atom. The van der Waals surface area contributed by atoms with E-state index in [4.69, 9.17) is 27.9 Å². The molecule has 38 heavy (non-hydrogen) atoms. The number of halogens is 2. The molecular formula is C29H30Cl2N4O2S. The molecule has 0 aliphatic heterocycles. The van der Waals surface area contributed by atoms with E-state index in [2.05, 4.69) is 22.4 Å². The van der Waals surface area contributed by atoms with Crippen molar-refractivity contribution in [3.8, 4) is 11.4 Å². The summed E-state index contributed by atoms with van der Waals surface area (Å²) in [4.78, 5) is 13.1. The second-order valence-electron chi connectivity index (χ2n) is 8.91. The maximum atomic E-state index is 13.1. The molecule has 1 unspecified atom stereocenters. The van der Waals surface area contributed by atoms with Crippen LogP contribution in [0.25, 0.3) is 5.69 Å². The van der Waals surface area contributed by atoms with Crippen molar-refractivity contribution < 1.29 is 9.53 Å². The first-order valence-electron chi connectivity index (χ1n) is 12.5. The summed E-state index contributed by atoms with van der Waals surface area (Å²) < 4.78 is 7.21. The van der Waals surface area contributed by atoms with Crippen molar-refractivity contribution in [3.63, 3.8) is 0 Å². The van der Waals surface area contributed by atoms with Gasteiger partial charge in [-0.1, -0.05) is 72.6 Å². The van der Waals surface area contributed by atoms with Gasteiger partial charge in [-0.2, -0.15) is 0 Å². The van der Waals surface area contributed by atoms with Crippen LogP contribution in [0.2, 0.25) is 10.0 Å². The van der Waals surface area contributed by atoms with E-state index < -0.39 is 6.04 Å². The molecule has 4 aromatic rings. The van der Waals surface area contributed by atoms with Crippen LogP contribution in [-0.2, 0) is 12.2 Å². The number of aryl methyl sites for hydroxylation is 1. The van der Waals surface area contributed by atoms with E-state index in [0.29, 0.717) is 38.0 Å². The number of nitrogens with zero attached hydrogens (tertiary/aromatic N) is 3. The van der Waals surface area contributed by atoms with E-state index in [1.807, 2.05) is 60.0 Å². The van der Waals surface area contributed by atoms with Crippen molar-refractivity contribution >= 4 is 40.9 Å². The van der Waals surface area contributed by atoms with Crippen LogP contribution in [0.15, 0.2) is 71.9 Å². The molecular weight excluding hydrogens is 539 g/mol. The quantitative estimate of drug-likeness (QED) is 0.188. The molecule has 1 atom stereocenters. The number of rotatable bonds is 11. The van der Waals surface area contributed by atoms with Crippen molar-refractivity contribution in [2.45, 2.75) is 50.1 Å². The highest BCUT2D eigenvalue weighted by atomic mass is 35.5. The summed E-state index contributed by atoms with van der Waals surface area (Å²) in [6, 6.07) is 20.4. The maximum absolute atomic E-state index is 13.1. The Kier molecular flexibility index (Phi) is 9.72. The van der Waals surface area contributed by atoms with E-state index in [9.17, 15) is 4.79 Å². The van der Waals surface area contributed by atoms with Gasteiger partial charge in [-0.3, -0.25) is 9.36 Å². The lowest BCUT2D eigenvalue weighted by Gasteiger charge is -2.17. The van der Waals surface area contributed by atoms with Crippen LogP contribution in [0.5, 0.6) is 5.75 Å². The predicted molar refractivity (Wildman–Crippen MR) is 155 cm³/mol. The van der Waals surface area contributed by atoms with E-state index >= 15 is 0 Å². The smallest absolute Gasteiger partial charge is 0.251 e. The molecule has 4 rings (SSSR count). The first-order valence-corrected chi connectivity index (χ1v) is 14.2. The Morgan fingerprint density at radius 2 is 1.84 bits per heavy atom. The Labute approximate surface area is 237 Å². The number of methoxy groups -OCH3 is 1. The number of benzene rings is 3. The Bertz CT molecular complexity index is 1390. The minimum absolute atomic E-state index is 0.183. The number of amides is 1. The molecule has 1 N–H and O–H groups in total. The molecule has 1 aromatic heterocycles. The Hall–Kier alpha value is -3.00. The number of carbonyl (C=O) groups is 1. The van der Waals surface area contributed by atoms with Crippen molar-refractivity contribution in [2.75, 3.05) is 7.11 Å². The highest BCUT2D eigenvalue weighted by molar-refractivity contribution is 7.98. The van der Waals surface area contributed by atoms with E-state index in [0.717, 1.165) is 30.6 Å². The van der Waals surface area contributed by atoms with Gasteiger partial charge < -0.3 is 10.1 Å². The number of hydrogen-bond donors (Lipinski definition) is 1. The zero-order chi connectivity index (χ0) is 27.1. The number of ether oxygens (including phenoxy) is 1. The normalized spacial score (nSPS) is 11.8. The SMILES string of the molecule is CCCCc1ccc(C(=O)NC(C)c2nnc(SCc3cccc(OC)c3)n2-c2cc(Cl)ccc2Cl)cc1. The second-order valence-corrected chi connectivity index (χ2v) is 10.7. The van der Waals surface area contributed by atoms with Crippen molar-refractivity contribution in [2.24, 2.45) is 0 Å². The van der Waals surface area contributed by atoms with Gasteiger partial charge >= 0.3 is 0 Å². The third-order valence-electron chi connectivity index (χ3n) is 6.08. The van der Waals surface area contributed by atoms with Gasteiger partial charge in [0.2, 0.25) is 0 Å². The summed E-state index contributed by atoms with van der Waals surface area (Å²) in [7, 11) is 1.65. The molecule has 0 radical (unpaired) electrons. The molecule has 9 heteroatoms. The average molecular weight is 570 g/mol. The summed E-state index contributed by atoms with van der Waals surface area (Å²) in [5, 5.41) is 13.6. The van der Waals surface area contributed by atoms with Gasteiger partial charge in [0.25, 0.3) is 5.91 Å². The summed E-state index contributed by atoms with van der Waals surface area (Å²) in [5.74, 6) is 1.79. The van der Waals surface area contributed by atoms with Crippen LogP contribution >= 0.6 is 35.0 Å². The molecule has 0 saturated carbocycles. The first kappa shape index (κ1) is 28.0. The van der Waals surface area contributed by atoms with Gasteiger partial charge in [-0.15, -0.1) is 10.2 Å². The molecule has 1 heterocycles. The number of nitrogens with one attached hydrogen (secondary N) is 1. The van der Waals surface area contributed by atoms with Gasteiger partial charge in [0.05, 0.1) is 23.9 Å². The number of thioether (sulfide) groups is 1. The monoisotopic (exact) mass is 568 g/mol. The lowest BCUT2D eigenvalue weighted by atomic mass is 10.1. The Balaban J connectivity index is 1.60. The fraction of sp³-hybridized carbons (Fsp3) is 0.276. The largest absolute Gasteiger partial charge is 0.497 e. The second kappa shape index (κ2) is 13.2. The summed E-state index contributed by atoms with van der Waals surface area (Å²) >= 11 is 14.4. The number of hydrogen-bond acceptors (Lipinski definition) is 5. The third kappa shape index (κ3) is 6.90. The average Bonchev–Trinajstić information content (AvgIpc) is 3.36. The van der Waals surface area contributed by atoms with Crippen LogP contribution in [0.3, 0.4) is 0 Å². The first-order chi connectivity index (χ1) is 18.4. The standard InChI is InChI=1S/C29H30Cl2N4O2S/c1-4-5-7-20-10-12-22(13-11-20)28(36)32-19(2)27-33-34-29(35(27)26-17-23(30)14-15-25(26)31)38-18-21-8-6-9-24(16-21)37-3/h6,8-17,19H,4-5,7,18H2,1-3H3,(H,32,36). The van der Waals surface area contributed by atoms with Gasteiger partial charge in [0, 0.05) is 16.3 Å². The fourth-order valence-electron chi connectivity index (χ4n) is 4.00. The lowest BCUT2D eigenvalue weighted by molar-refractivity contribution is 0.0938. The van der Waals surface area contributed by atoms with E-state index in [-0.39, 0.29) is 5.91 Å². The highest BCUT2D eigenvalue weighted by Crippen LogP contribution is 2.33. The molecule has 1 amide bonds. The van der Waals surface area contributed by atoms with Gasteiger partial charge in [0.15, 0.2) is 11.0 Å². The molecule has 0 bridgehead atoms. The van der Waals surface area contributed by atoms with Crippen LogP contribution in [0.4, 0.5) is 0 Å². The Morgan fingerprint density at radius 1 is 1.05 bits per heavy atom. The lowest BCUT2D eigenvalue weighted by Crippen LogP contribution is -2.28. The molecule has 6 nitrogen and oxygen atoms in total. The summed E-state index contributed by atoms with van der Waals surface area (Å²) in [5.41, 5.74) is 3.54. The molecule has 198 valence electrons. The van der Waals surface area contributed by atoms with Crippen molar-refractivity contribution in [3.05, 3.63) is 99.3 Å². The minimum Gasteiger partial charge on any atom is -0.497 e. The van der Waals surface area contributed by atoms with E-state index in [1.165, 1.54) is 17.3 Å². The van der Waals surface area contributed by atoms with Crippen LogP contribution < -0.4 is 10.1 Å². The molecule has 0 aliphatic rings. The minimum atomic E-state index is -0.448. The van der Waals surface area contributed by atoms with Crippen molar-refractivity contribution in [1.82, 2.24) is 20.1 Å². The highest BCUT2D eigenvalue weighted by Gasteiger charge is 2.23. The number of aromatic nitrogens is 3. The maximum Gasteiger partial charge on any atom is 0.251 e. The zero-order valence-corrected chi connectivity index (χ0v) is 23.9. The molecule has 0 fully saturated rings. The van der Waals surface area contributed by atoms with Crippen LogP contribution in [0.1, 0.15) is 60.0 Å². The van der Waals surface area contributed by atoms with Gasteiger partial charge in [-0.05, 0) is 73.4 Å². The summed E-state index contributed by atoms with van der Waals surface area (Å²) in [6.07, 6.45) is 3.27. The summed E-state index contributed by atoms with van der Waals surface area (Å²) in [6.45, 7) is 4.05. The molecule has 0 saturated heterocycles. The molecule has 3 aromatic carbocycles. The topological polar surface area (TPSA) is 69.0 Å². The molecule has 0 aliphatic carbocycles. The number of carbonyl (C=O) groups excluding carboxylic acids is 1. The van der Waals surface area contributed by atoms with Crippen LogP contribution in [0, 0.1) is 0 Å². The van der Waals surface area contributed by atoms with Gasteiger partial charge in [-0.25, -0.2) is 0 Å². The van der Waals surface area contributed by atoms with Crippen LogP contribution in [-0.4, -0.2) is 27.8 Å². The molecule has 0 spiro atoms. The number of unbranched alkanes of at least 4 members (excludes halogenated alkanes) is 1. The van der Waals surface area contributed by atoms with E-state index in [1.54, 1.807) is 25.3 Å². The van der Waals surface area contributed by atoms with Crippen molar-refractivity contribution in [1.29, 1.82) is 0 Å². The fourth-order valence-corrected chi connectivity index (χ4v) is 5.26. The predicted octanol–water partition coefficient (Wildman–Crippen LogP) is 7.71. The van der Waals surface area contributed by atoms with Gasteiger partial charge in [0.1, 0.15) is 5.75 Å².